The maximum atomic E-state index is 5.88. The number of imidazole rings is 1. The van der Waals surface area contributed by atoms with E-state index >= 15 is 0 Å². The van der Waals surface area contributed by atoms with Crippen LogP contribution in [0.15, 0.2) is 28.8 Å². The number of hydrogen-bond acceptors (Lipinski definition) is 5. The van der Waals surface area contributed by atoms with Gasteiger partial charge in [-0.15, -0.1) is 11.6 Å². The Balaban J connectivity index is 1.85. The molecule has 2 aromatic rings. The molecular formula is C19H32ClN8+. The molecule has 1 aliphatic rings. The first-order valence-electron chi connectivity index (χ1n) is 10.4. The molecule has 28 heavy (non-hydrogen) atoms. The van der Waals surface area contributed by atoms with Crippen LogP contribution in [0.4, 0.5) is 17.5 Å². The highest BCUT2D eigenvalue weighted by atomic mass is 35.5. The highest BCUT2D eigenvalue weighted by Crippen LogP contribution is 2.32. The van der Waals surface area contributed by atoms with Gasteiger partial charge in [0, 0.05) is 30.6 Å². The minimum absolute atomic E-state index is 0.626. The third-order valence-electron chi connectivity index (χ3n) is 5.00. The van der Waals surface area contributed by atoms with Crippen molar-refractivity contribution in [3.05, 3.63) is 18.6 Å². The van der Waals surface area contributed by atoms with Gasteiger partial charge in [-0.05, 0) is 32.2 Å². The van der Waals surface area contributed by atoms with Crippen molar-refractivity contribution in [2.24, 2.45) is 16.0 Å². The molecule has 0 fully saturated rings. The smallest absolute Gasteiger partial charge is 0.355 e. The van der Waals surface area contributed by atoms with E-state index in [1.54, 1.807) is 0 Å². The van der Waals surface area contributed by atoms with Gasteiger partial charge in [0.2, 0.25) is 0 Å². The van der Waals surface area contributed by atoms with E-state index in [1.165, 1.54) is 12.8 Å². The second kappa shape index (κ2) is 10.6. The van der Waals surface area contributed by atoms with Crippen molar-refractivity contribution in [3.8, 4) is 0 Å². The van der Waals surface area contributed by atoms with Crippen molar-refractivity contribution in [3.63, 3.8) is 0 Å². The Morgan fingerprint density at radius 1 is 1.21 bits per heavy atom. The van der Waals surface area contributed by atoms with Crippen LogP contribution in [-0.2, 0) is 19.6 Å². The maximum absolute atomic E-state index is 5.88. The van der Waals surface area contributed by atoms with Crippen molar-refractivity contribution in [1.29, 1.82) is 0 Å². The number of halogens is 1. The first-order valence-corrected chi connectivity index (χ1v) is 10.9. The number of aryl methyl sites for hydroxylation is 3. The molecule has 0 amide bonds. The Kier molecular flexibility index (Phi) is 7.85. The molecule has 1 aliphatic heterocycles. The van der Waals surface area contributed by atoms with Crippen LogP contribution >= 0.6 is 11.6 Å². The normalized spacial score (nSPS) is 14.2. The SMILES string of the molecule is CCCCN1CCCn2ncc(N=Nc3n(CCCN)cc[n+]3CCCCl)c21. The zero-order valence-corrected chi connectivity index (χ0v) is 17.6. The van der Waals surface area contributed by atoms with E-state index in [2.05, 4.69) is 41.0 Å². The number of aromatic nitrogens is 4. The zero-order chi connectivity index (χ0) is 19.8. The van der Waals surface area contributed by atoms with Crippen LogP contribution in [0, 0.1) is 0 Å². The van der Waals surface area contributed by atoms with Gasteiger partial charge in [0.1, 0.15) is 0 Å². The Labute approximate surface area is 172 Å². The summed E-state index contributed by atoms with van der Waals surface area (Å²) >= 11 is 5.88. The summed E-state index contributed by atoms with van der Waals surface area (Å²) in [4.78, 5) is 2.39. The fourth-order valence-electron chi connectivity index (χ4n) is 3.53. The van der Waals surface area contributed by atoms with Crippen LogP contribution in [0.5, 0.6) is 0 Å². The van der Waals surface area contributed by atoms with Gasteiger partial charge in [-0.3, -0.25) is 0 Å². The van der Waals surface area contributed by atoms with Gasteiger partial charge in [-0.1, -0.05) is 18.5 Å². The highest BCUT2D eigenvalue weighted by Gasteiger charge is 2.23. The van der Waals surface area contributed by atoms with E-state index in [0.717, 1.165) is 69.4 Å². The average Bonchev–Trinajstić information content (AvgIpc) is 3.31. The molecule has 3 heterocycles. The molecule has 0 bridgehead atoms. The molecule has 0 saturated carbocycles. The van der Waals surface area contributed by atoms with Crippen molar-refractivity contribution >= 4 is 29.1 Å². The molecule has 154 valence electrons. The van der Waals surface area contributed by atoms with E-state index in [1.807, 2.05) is 18.6 Å². The zero-order valence-electron chi connectivity index (χ0n) is 16.8. The molecule has 9 heteroatoms. The average molecular weight is 408 g/mol. The summed E-state index contributed by atoms with van der Waals surface area (Å²) in [5, 5.41) is 13.8. The van der Waals surface area contributed by atoms with Crippen LogP contribution in [-0.4, -0.2) is 39.9 Å². The number of alkyl halides is 1. The summed E-state index contributed by atoms with van der Waals surface area (Å²) in [6.07, 6.45) is 11.2. The largest absolute Gasteiger partial charge is 0.421 e. The number of hydrogen-bond donors (Lipinski definition) is 1. The number of anilines is 1. The first-order chi connectivity index (χ1) is 13.8. The minimum Gasteiger partial charge on any atom is -0.355 e. The molecule has 2 aromatic heterocycles. The summed E-state index contributed by atoms with van der Waals surface area (Å²) < 4.78 is 6.27. The fraction of sp³-hybridized carbons (Fsp3) is 0.684. The molecule has 0 atom stereocenters. The second-order valence-corrected chi connectivity index (χ2v) is 7.52. The summed E-state index contributed by atoms with van der Waals surface area (Å²) in [6, 6.07) is 0. The Hall–Kier alpha value is -1.93. The van der Waals surface area contributed by atoms with Gasteiger partial charge < -0.3 is 10.6 Å². The van der Waals surface area contributed by atoms with Crippen molar-refractivity contribution in [2.75, 3.05) is 30.4 Å². The minimum atomic E-state index is 0.626. The van der Waals surface area contributed by atoms with Crippen LogP contribution in [0.2, 0.25) is 0 Å². The summed E-state index contributed by atoms with van der Waals surface area (Å²) in [5.41, 5.74) is 6.53. The molecule has 2 N–H and O–H groups in total. The second-order valence-electron chi connectivity index (χ2n) is 7.14. The van der Waals surface area contributed by atoms with Crippen molar-refractivity contribution < 1.29 is 4.57 Å². The maximum Gasteiger partial charge on any atom is 0.421 e. The number of unbranched alkanes of at least 4 members (excludes halogenated alkanes) is 1. The third kappa shape index (κ3) is 4.91. The lowest BCUT2D eigenvalue weighted by Gasteiger charge is -2.29. The molecule has 0 spiro atoms. The molecule has 0 unspecified atom stereocenters. The monoisotopic (exact) mass is 407 g/mol. The van der Waals surface area contributed by atoms with Crippen LogP contribution in [0.1, 0.15) is 39.0 Å². The Bertz CT molecular complexity index is 741. The molecule has 0 aliphatic carbocycles. The number of fused-ring (bicyclic) bond motifs is 1. The number of azo groups is 1. The molecule has 0 radical (unpaired) electrons. The predicted octanol–water partition coefficient (Wildman–Crippen LogP) is 3.38. The summed E-state index contributed by atoms with van der Waals surface area (Å²) in [5.74, 6) is 2.55. The molecule has 8 nitrogen and oxygen atoms in total. The lowest BCUT2D eigenvalue weighted by atomic mass is 10.2. The Morgan fingerprint density at radius 3 is 2.89 bits per heavy atom. The fourth-order valence-corrected chi connectivity index (χ4v) is 3.65. The third-order valence-corrected chi connectivity index (χ3v) is 5.26. The van der Waals surface area contributed by atoms with Gasteiger partial charge in [0.15, 0.2) is 11.5 Å². The van der Waals surface area contributed by atoms with Crippen molar-refractivity contribution in [1.82, 2.24) is 14.3 Å². The number of nitrogens with two attached hydrogens (primary N) is 1. The molecule has 3 rings (SSSR count). The summed E-state index contributed by atoms with van der Waals surface area (Å²) in [6.45, 7) is 7.55. The van der Waals surface area contributed by atoms with E-state index < -0.39 is 0 Å². The van der Waals surface area contributed by atoms with E-state index in [-0.39, 0.29) is 0 Å². The van der Waals surface area contributed by atoms with E-state index in [4.69, 9.17) is 17.3 Å². The van der Waals surface area contributed by atoms with Crippen LogP contribution < -0.4 is 15.2 Å². The molecule has 0 aromatic carbocycles. The van der Waals surface area contributed by atoms with Gasteiger partial charge >= 0.3 is 5.95 Å². The molecular weight excluding hydrogens is 376 g/mol. The van der Waals surface area contributed by atoms with Gasteiger partial charge in [0.05, 0.1) is 31.7 Å². The van der Waals surface area contributed by atoms with Gasteiger partial charge in [-0.25, -0.2) is 13.8 Å². The highest BCUT2D eigenvalue weighted by molar-refractivity contribution is 6.17. The predicted molar refractivity (Wildman–Crippen MR) is 112 cm³/mol. The van der Waals surface area contributed by atoms with Crippen LogP contribution in [0.25, 0.3) is 0 Å². The van der Waals surface area contributed by atoms with E-state index in [0.29, 0.717) is 12.4 Å². The van der Waals surface area contributed by atoms with Gasteiger partial charge in [-0.2, -0.15) is 5.10 Å². The number of nitrogens with zero attached hydrogens (tertiary/aromatic N) is 7. The van der Waals surface area contributed by atoms with Gasteiger partial charge in [0.25, 0.3) is 0 Å². The standard InChI is InChI=1S/C19H32ClN8/c1-2-3-9-25-12-6-13-28-18(25)17(16-22-28)23-24-19-26(10-4-7-20)14-15-27(19)11-5-8-21/h14-16H,2-13,21H2,1H3/q+1. The van der Waals surface area contributed by atoms with E-state index in [9.17, 15) is 0 Å². The lowest BCUT2D eigenvalue weighted by Crippen LogP contribution is -2.33. The molecule has 0 saturated heterocycles. The quantitative estimate of drug-likeness (QED) is 0.352. The lowest BCUT2D eigenvalue weighted by molar-refractivity contribution is -0.683. The topological polar surface area (TPSA) is 80.6 Å². The summed E-state index contributed by atoms with van der Waals surface area (Å²) in [7, 11) is 0. The Morgan fingerprint density at radius 2 is 2.11 bits per heavy atom. The van der Waals surface area contributed by atoms with Crippen molar-refractivity contribution in [2.45, 2.75) is 58.7 Å². The van der Waals surface area contributed by atoms with Crippen LogP contribution in [0.3, 0.4) is 0 Å². The first kappa shape index (κ1) is 20.8. The number of rotatable bonds is 11.